The van der Waals surface area contributed by atoms with Crippen molar-refractivity contribution in [3.05, 3.63) is 0 Å². The van der Waals surface area contributed by atoms with Crippen molar-refractivity contribution in [3.8, 4) is 0 Å². The van der Waals surface area contributed by atoms with Gasteiger partial charge in [-0.05, 0) is 51.1 Å². The van der Waals surface area contributed by atoms with Crippen molar-refractivity contribution in [2.45, 2.75) is 70.4 Å². The van der Waals surface area contributed by atoms with E-state index in [-0.39, 0.29) is 0 Å². The summed E-state index contributed by atoms with van der Waals surface area (Å²) in [6.07, 6.45) is 11.2. The van der Waals surface area contributed by atoms with Gasteiger partial charge >= 0.3 is 0 Å². The quantitative estimate of drug-likeness (QED) is 0.795. The van der Waals surface area contributed by atoms with Gasteiger partial charge < -0.3 is 5.73 Å². The summed E-state index contributed by atoms with van der Waals surface area (Å²) in [5.74, 6) is 0.971. The molecule has 2 nitrogen and oxygen atoms in total. The molecule has 1 saturated heterocycles. The van der Waals surface area contributed by atoms with Gasteiger partial charge in [-0.2, -0.15) is 0 Å². The van der Waals surface area contributed by atoms with Crippen molar-refractivity contribution in [2.75, 3.05) is 13.1 Å². The zero-order chi connectivity index (χ0) is 11.4. The van der Waals surface area contributed by atoms with Gasteiger partial charge in [-0.15, -0.1) is 0 Å². The Morgan fingerprint density at radius 3 is 2.75 bits per heavy atom. The first-order chi connectivity index (χ1) is 7.86. The van der Waals surface area contributed by atoms with Gasteiger partial charge in [0.25, 0.3) is 0 Å². The molecule has 2 rings (SSSR count). The van der Waals surface area contributed by atoms with E-state index in [0.717, 1.165) is 24.5 Å². The fraction of sp³-hybridized carbons (Fsp3) is 1.00. The van der Waals surface area contributed by atoms with E-state index >= 15 is 0 Å². The summed E-state index contributed by atoms with van der Waals surface area (Å²) in [5, 5.41) is 0. The van der Waals surface area contributed by atoms with E-state index in [9.17, 15) is 0 Å². The molecule has 0 amide bonds. The zero-order valence-electron chi connectivity index (χ0n) is 10.8. The molecule has 2 aliphatic rings. The lowest BCUT2D eigenvalue weighted by atomic mass is 9.92. The molecule has 0 radical (unpaired) electrons. The average Bonchev–Trinajstić information content (AvgIpc) is 2.78. The minimum atomic E-state index is 0.802. The Labute approximate surface area is 101 Å². The number of rotatable bonds is 4. The molecule has 1 heterocycles. The van der Waals surface area contributed by atoms with E-state index in [0.29, 0.717) is 0 Å². The van der Waals surface area contributed by atoms with Gasteiger partial charge in [0.2, 0.25) is 0 Å². The second-order valence-corrected chi connectivity index (χ2v) is 5.63. The molecule has 1 saturated carbocycles. The largest absolute Gasteiger partial charge is 0.330 e. The molecule has 0 aromatic rings. The first kappa shape index (κ1) is 12.4. The van der Waals surface area contributed by atoms with Gasteiger partial charge in [0.1, 0.15) is 0 Å². The van der Waals surface area contributed by atoms with Crippen LogP contribution in [0.25, 0.3) is 0 Å². The maximum absolute atomic E-state index is 5.76. The monoisotopic (exact) mass is 224 g/mol. The maximum Gasteiger partial charge on any atom is 0.0126 e. The maximum atomic E-state index is 5.76. The van der Waals surface area contributed by atoms with Gasteiger partial charge in [0.15, 0.2) is 0 Å². The van der Waals surface area contributed by atoms with E-state index in [1.54, 1.807) is 0 Å². The standard InChI is InChI=1S/C14H28N2/c1-2-12-6-5-8-14(12)16-11-4-3-7-13(16)9-10-15/h12-14H,2-11,15H2,1H3. The molecular weight excluding hydrogens is 196 g/mol. The van der Waals surface area contributed by atoms with Crippen LogP contribution in [0.1, 0.15) is 58.3 Å². The number of piperidine rings is 1. The molecule has 2 N–H and O–H groups in total. The summed E-state index contributed by atoms with van der Waals surface area (Å²) in [6, 6.07) is 1.69. The third-order valence-electron chi connectivity index (χ3n) is 4.74. The molecule has 0 spiro atoms. The van der Waals surface area contributed by atoms with E-state index in [1.807, 2.05) is 0 Å². The lowest BCUT2D eigenvalue weighted by Crippen LogP contribution is -2.48. The highest BCUT2D eigenvalue weighted by molar-refractivity contribution is 4.90. The molecular formula is C14H28N2. The number of likely N-dealkylation sites (tertiary alicyclic amines) is 1. The van der Waals surface area contributed by atoms with Gasteiger partial charge in [0, 0.05) is 12.1 Å². The summed E-state index contributed by atoms with van der Waals surface area (Å²) < 4.78 is 0. The Balaban J connectivity index is 1.98. The van der Waals surface area contributed by atoms with Crippen LogP contribution in [-0.4, -0.2) is 30.1 Å². The van der Waals surface area contributed by atoms with Crippen LogP contribution in [0.15, 0.2) is 0 Å². The predicted molar refractivity (Wildman–Crippen MR) is 69.4 cm³/mol. The number of hydrogen-bond donors (Lipinski definition) is 1. The Hall–Kier alpha value is -0.0800. The van der Waals surface area contributed by atoms with Crippen molar-refractivity contribution >= 4 is 0 Å². The molecule has 3 atom stereocenters. The van der Waals surface area contributed by atoms with Crippen molar-refractivity contribution in [1.29, 1.82) is 0 Å². The SMILES string of the molecule is CCC1CCCC1N1CCCCC1CCN. The molecule has 1 aliphatic carbocycles. The second kappa shape index (κ2) is 6.02. The van der Waals surface area contributed by atoms with E-state index in [2.05, 4.69) is 11.8 Å². The Morgan fingerprint density at radius 1 is 1.12 bits per heavy atom. The molecule has 2 fully saturated rings. The fourth-order valence-electron chi connectivity index (χ4n) is 3.89. The van der Waals surface area contributed by atoms with Gasteiger partial charge in [-0.25, -0.2) is 0 Å². The van der Waals surface area contributed by atoms with Crippen LogP contribution >= 0.6 is 0 Å². The zero-order valence-corrected chi connectivity index (χ0v) is 10.8. The Bertz CT molecular complexity index is 203. The van der Waals surface area contributed by atoms with Crippen molar-refractivity contribution in [3.63, 3.8) is 0 Å². The highest BCUT2D eigenvalue weighted by Crippen LogP contribution is 2.36. The second-order valence-electron chi connectivity index (χ2n) is 5.63. The summed E-state index contributed by atoms with van der Waals surface area (Å²) in [6.45, 7) is 4.57. The topological polar surface area (TPSA) is 29.3 Å². The number of nitrogens with two attached hydrogens (primary N) is 1. The number of hydrogen-bond acceptors (Lipinski definition) is 2. The molecule has 0 bridgehead atoms. The third kappa shape index (κ3) is 2.60. The van der Waals surface area contributed by atoms with Crippen LogP contribution in [0.3, 0.4) is 0 Å². The van der Waals surface area contributed by atoms with Gasteiger partial charge in [-0.1, -0.05) is 26.2 Å². The fourth-order valence-corrected chi connectivity index (χ4v) is 3.89. The van der Waals surface area contributed by atoms with Crippen molar-refractivity contribution in [2.24, 2.45) is 11.7 Å². The normalized spacial score (nSPS) is 36.8. The third-order valence-corrected chi connectivity index (χ3v) is 4.74. The molecule has 0 aromatic carbocycles. The van der Waals surface area contributed by atoms with E-state index in [1.165, 1.54) is 57.9 Å². The van der Waals surface area contributed by atoms with Crippen molar-refractivity contribution < 1.29 is 0 Å². The molecule has 0 aromatic heterocycles. The molecule has 2 heteroatoms. The van der Waals surface area contributed by atoms with E-state index < -0.39 is 0 Å². The first-order valence-corrected chi connectivity index (χ1v) is 7.32. The van der Waals surface area contributed by atoms with Crippen LogP contribution < -0.4 is 5.73 Å². The Morgan fingerprint density at radius 2 is 2.00 bits per heavy atom. The van der Waals surface area contributed by atoms with E-state index in [4.69, 9.17) is 5.73 Å². The lowest BCUT2D eigenvalue weighted by Gasteiger charge is -2.42. The molecule has 3 unspecified atom stereocenters. The van der Waals surface area contributed by atoms with Crippen LogP contribution in [0.5, 0.6) is 0 Å². The van der Waals surface area contributed by atoms with Crippen LogP contribution in [0.4, 0.5) is 0 Å². The van der Waals surface area contributed by atoms with Crippen LogP contribution in [0.2, 0.25) is 0 Å². The van der Waals surface area contributed by atoms with Crippen LogP contribution in [-0.2, 0) is 0 Å². The summed E-state index contributed by atoms with van der Waals surface area (Å²) in [5.41, 5.74) is 5.76. The smallest absolute Gasteiger partial charge is 0.0126 e. The predicted octanol–water partition coefficient (Wildman–Crippen LogP) is 2.77. The first-order valence-electron chi connectivity index (χ1n) is 7.32. The highest BCUT2D eigenvalue weighted by Gasteiger charge is 2.35. The average molecular weight is 224 g/mol. The highest BCUT2D eigenvalue weighted by atomic mass is 15.2. The minimum Gasteiger partial charge on any atom is -0.330 e. The van der Waals surface area contributed by atoms with Crippen LogP contribution in [0, 0.1) is 5.92 Å². The van der Waals surface area contributed by atoms with Gasteiger partial charge in [0.05, 0.1) is 0 Å². The minimum absolute atomic E-state index is 0.802. The lowest BCUT2D eigenvalue weighted by molar-refractivity contribution is 0.0684. The molecule has 1 aliphatic heterocycles. The molecule has 16 heavy (non-hydrogen) atoms. The summed E-state index contributed by atoms with van der Waals surface area (Å²) in [7, 11) is 0. The van der Waals surface area contributed by atoms with Gasteiger partial charge in [-0.3, -0.25) is 4.90 Å². The summed E-state index contributed by atoms with van der Waals surface area (Å²) in [4.78, 5) is 2.83. The summed E-state index contributed by atoms with van der Waals surface area (Å²) >= 11 is 0. The Kier molecular flexibility index (Phi) is 4.66. The van der Waals surface area contributed by atoms with Crippen molar-refractivity contribution in [1.82, 2.24) is 4.90 Å². The number of nitrogens with zero attached hydrogens (tertiary/aromatic N) is 1. The molecule has 94 valence electrons.